The molecule has 2 saturated heterocycles. The third-order valence-electron chi connectivity index (χ3n) is 6.26. The summed E-state index contributed by atoms with van der Waals surface area (Å²) in [6.45, 7) is 6.35. The number of anilines is 2. The van der Waals surface area contributed by atoms with E-state index in [4.69, 9.17) is 18.9 Å². The summed E-state index contributed by atoms with van der Waals surface area (Å²) in [6, 6.07) is 8.59. The first-order valence-corrected chi connectivity index (χ1v) is 11.5. The first-order chi connectivity index (χ1) is 16.6. The number of ether oxygens (including phenoxy) is 4. The number of nitrogens with zero attached hydrogens (tertiary/aromatic N) is 3. The van der Waals surface area contributed by atoms with Gasteiger partial charge in [0, 0.05) is 36.8 Å². The van der Waals surface area contributed by atoms with Crippen molar-refractivity contribution >= 4 is 22.4 Å². The second-order valence-corrected chi connectivity index (χ2v) is 8.61. The van der Waals surface area contributed by atoms with Gasteiger partial charge >= 0.3 is 0 Å². The number of aromatic nitrogens is 2. The Kier molecular flexibility index (Phi) is 6.75. The highest BCUT2D eigenvalue weighted by atomic mass is 19.1. The molecule has 8 nitrogen and oxygen atoms in total. The van der Waals surface area contributed by atoms with E-state index in [0.29, 0.717) is 42.7 Å². The predicted molar refractivity (Wildman–Crippen MR) is 127 cm³/mol. The Morgan fingerprint density at radius 1 is 1.09 bits per heavy atom. The number of hydrogen-bond acceptors (Lipinski definition) is 8. The highest BCUT2D eigenvalue weighted by Gasteiger charge is 2.36. The van der Waals surface area contributed by atoms with Gasteiger partial charge in [0.05, 0.1) is 44.7 Å². The Labute approximate surface area is 198 Å². The fraction of sp³-hybridized carbons (Fsp3) is 0.440. The largest absolute Gasteiger partial charge is 0.493 e. The zero-order valence-corrected chi connectivity index (χ0v) is 19.4. The van der Waals surface area contributed by atoms with Gasteiger partial charge in [-0.1, -0.05) is 0 Å². The topological polar surface area (TPSA) is 78.0 Å². The van der Waals surface area contributed by atoms with E-state index in [9.17, 15) is 4.39 Å². The van der Waals surface area contributed by atoms with Gasteiger partial charge in [-0.25, -0.2) is 14.4 Å². The summed E-state index contributed by atoms with van der Waals surface area (Å²) in [6.07, 6.45) is 2.73. The molecule has 0 amide bonds. The first kappa shape index (κ1) is 22.8. The van der Waals surface area contributed by atoms with E-state index in [1.165, 1.54) is 12.4 Å². The Morgan fingerprint density at radius 3 is 2.62 bits per heavy atom. The monoisotopic (exact) mass is 468 g/mol. The van der Waals surface area contributed by atoms with Gasteiger partial charge < -0.3 is 24.3 Å². The molecule has 0 radical (unpaired) electrons. The molecule has 2 aliphatic rings. The van der Waals surface area contributed by atoms with E-state index in [1.807, 2.05) is 12.1 Å². The summed E-state index contributed by atoms with van der Waals surface area (Å²) in [5, 5.41) is 4.05. The number of benzene rings is 2. The van der Waals surface area contributed by atoms with Gasteiger partial charge in [-0.05, 0) is 43.2 Å². The maximum Gasteiger partial charge on any atom is 0.162 e. The SMILES string of the molecule is COc1cc2ncnc(Nc3ccc(F)c(C)c3)c2cc1OCCCN1CC2OCCOC2C1. The molecule has 2 aliphatic heterocycles. The minimum absolute atomic E-state index is 0.186. The van der Waals surface area contributed by atoms with Gasteiger partial charge in [-0.15, -0.1) is 0 Å². The maximum absolute atomic E-state index is 13.7. The molecule has 9 heteroatoms. The Bertz CT molecular complexity index is 1150. The van der Waals surface area contributed by atoms with Crippen molar-refractivity contribution in [2.45, 2.75) is 25.6 Å². The highest BCUT2D eigenvalue weighted by Crippen LogP contribution is 2.35. The van der Waals surface area contributed by atoms with Crippen molar-refractivity contribution in [3.63, 3.8) is 0 Å². The number of halogens is 1. The molecule has 5 rings (SSSR count). The van der Waals surface area contributed by atoms with Crippen molar-refractivity contribution in [3.8, 4) is 11.5 Å². The molecule has 1 aromatic heterocycles. The molecule has 0 aliphatic carbocycles. The van der Waals surface area contributed by atoms with Crippen molar-refractivity contribution < 1.29 is 23.3 Å². The molecule has 2 aromatic carbocycles. The number of methoxy groups -OCH3 is 1. The molecule has 1 N–H and O–H groups in total. The van der Waals surface area contributed by atoms with Gasteiger partial charge in [-0.2, -0.15) is 0 Å². The Morgan fingerprint density at radius 2 is 1.88 bits per heavy atom. The van der Waals surface area contributed by atoms with E-state index >= 15 is 0 Å². The van der Waals surface area contributed by atoms with Gasteiger partial charge in [0.1, 0.15) is 18.0 Å². The molecule has 3 heterocycles. The lowest BCUT2D eigenvalue weighted by molar-refractivity contribution is -0.116. The molecule has 3 aromatic rings. The third kappa shape index (κ3) is 4.91. The van der Waals surface area contributed by atoms with E-state index in [-0.39, 0.29) is 18.0 Å². The van der Waals surface area contributed by atoms with Crippen LogP contribution in [0.1, 0.15) is 12.0 Å². The molecule has 0 bridgehead atoms. The lowest BCUT2D eigenvalue weighted by Gasteiger charge is -2.24. The lowest BCUT2D eigenvalue weighted by Crippen LogP contribution is -2.36. The standard InChI is InChI=1S/C25H29FN4O4/c1-16-10-17(4-5-19(16)26)29-25-18-11-22(21(31-2)12-20(18)27-15-28-25)32-7-3-6-30-13-23-24(14-30)34-9-8-33-23/h4-5,10-12,15,23-24H,3,6-9,13-14H2,1-2H3,(H,27,28,29). The normalized spacial score (nSPS) is 20.3. The number of likely N-dealkylation sites (tertiary alicyclic amines) is 1. The number of hydrogen-bond donors (Lipinski definition) is 1. The van der Waals surface area contributed by atoms with Crippen LogP contribution < -0.4 is 14.8 Å². The Hall–Kier alpha value is -3.01. The summed E-state index contributed by atoms with van der Waals surface area (Å²) in [5.74, 6) is 1.61. The van der Waals surface area contributed by atoms with Crippen molar-refractivity contribution in [2.24, 2.45) is 0 Å². The summed E-state index contributed by atoms with van der Waals surface area (Å²) in [7, 11) is 1.61. The van der Waals surface area contributed by atoms with Crippen LogP contribution in [0.3, 0.4) is 0 Å². The van der Waals surface area contributed by atoms with Crippen molar-refractivity contribution in [1.29, 1.82) is 0 Å². The van der Waals surface area contributed by atoms with Crippen molar-refractivity contribution in [1.82, 2.24) is 14.9 Å². The van der Waals surface area contributed by atoms with Crippen LogP contribution in [-0.2, 0) is 9.47 Å². The average molecular weight is 469 g/mol. The summed E-state index contributed by atoms with van der Waals surface area (Å²) >= 11 is 0. The van der Waals surface area contributed by atoms with Crippen LogP contribution in [0.4, 0.5) is 15.9 Å². The molecule has 2 unspecified atom stereocenters. The van der Waals surface area contributed by atoms with E-state index in [0.717, 1.165) is 42.6 Å². The minimum Gasteiger partial charge on any atom is -0.493 e. The molecule has 0 spiro atoms. The first-order valence-electron chi connectivity index (χ1n) is 11.5. The summed E-state index contributed by atoms with van der Waals surface area (Å²) in [5.41, 5.74) is 2.03. The maximum atomic E-state index is 13.7. The smallest absolute Gasteiger partial charge is 0.162 e. The van der Waals surface area contributed by atoms with Crippen molar-refractivity contribution in [3.05, 3.63) is 48.0 Å². The van der Waals surface area contributed by atoms with Crippen LogP contribution in [0.15, 0.2) is 36.7 Å². The number of aryl methyl sites for hydroxylation is 1. The minimum atomic E-state index is -0.244. The summed E-state index contributed by atoms with van der Waals surface area (Å²) in [4.78, 5) is 11.1. The molecular weight excluding hydrogens is 439 g/mol. The lowest BCUT2D eigenvalue weighted by atomic mass is 10.2. The van der Waals surface area contributed by atoms with Gasteiger partial charge in [-0.3, -0.25) is 4.90 Å². The van der Waals surface area contributed by atoms with Crippen LogP contribution in [0.2, 0.25) is 0 Å². The fourth-order valence-corrected chi connectivity index (χ4v) is 4.49. The zero-order valence-electron chi connectivity index (χ0n) is 19.4. The molecule has 34 heavy (non-hydrogen) atoms. The van der Waals surface area contributed by atoms with E-state index in [2.05, 4.69) is 20.2 Å². The molecule has 2 fully saturated rings. The summed E-state index contributed by atoms with van der Waals surface area (Å²) < 4.78 is 36.9. The quantitative estimate of drug-likeness (QED) is 0.502. The number of fused-ring (bicyclic) bond motifs is 2. The molecule has 180 valence electrons. The van der Waals surface area contributed by atoms with Gasteiger partial charge in [0.15, 0.2) is 11.5 Å². The molecule has 0 saturated carbocycles. The number of nitrogens with one attached hydrogen (secondary N) is 1. The van der Waals surface area contributed by atoms with E-state index in [1.54, 1.807) is 26.2 Å². The second-order valence-electron chi connectivity index (χ2n) is 8.61. The zero-order chi connectivity index (χ0) is 23.5. The highest BCUT2D eigenvalue weighted by molar-refractivity contribution is 5.93. The second kappa shape index (κ2) is 10.1. The number of rotatable bonds is 8. The van der Waals surface area contributed by atoms with Gasteiger partial charge in [0.25, 0.3) is 0 Å². The molecule has 2 atom stereocenters. The van der Waals surface area contributed by atoms with Gasteiger partial charge in [0.2, 0.25) is 0 Å². The Balaban J connectivity index is 1.27. The third-order valence-corrected chi connectivity index (χ3v) is 6.26. The predicted octanol–water partition coefficient (Wildman–Crippen LogP) is 3.70. The van der Waals surface area contributed by atoms with E-state index < -0.39 is 0 Å². The van der Waals surface area contributed by atoms with Crippen LogP contribution >= 0.6 is 0 Å². The fourth-order valence-electron chi connectivity index (χ4n) is 4.49. The van der Waals surface area contributed by atoms with Crippen LogP contribution in [-0.4, -0.2) is 73.6 Å². The van der Waals surface area contributed by atoms with Crippen molar-refractivity contribution in [2.75, 3.05) is 51.9 Å². The molecular formula is C25H29FN4O4. The van der Waals surface area contributed by atoms with Crippen LogP contribution in [0, 0.1) is 12.7 Å². The van der Waals surface area contributed by atoms with Crippen LogP contribution in [0.25, 0.3) is 10.9 Å². The van der Waals surface area contributed by atoms with Crippen LogP contribution in [0.5, 0.6) is 11.5 Å². The average Bonchev–Trinajstić information content (AvgIpc) is 3.27.